The lowest BCUT2D eigenvalue weighted by Gasteiger charge is -2.17. The molecule has 0 spiro atoms. The first-order chi connectivity index (χ1) is 15.9. The molecule has 3 rings (SSSR count). The third kappa shape index (κ3) is 12.3. The molecule has 2 aromatic heterocycles. The Morgan fingerprint density at radius 1 is 1.08 bits per heavy atom. The van der Waals surface area contributed by atoms with Crippen LogP contribution < -0.4 is 5.73 Å². The number of hydrogen-bond acceptors (Lipinski definition) is 9. The summed E-state index contributed by atoms with van der Waals surface area (Å²) in [6.07, 6.45) is -3.80. The van der Waals surface area contributed by atoms with Gasteiger partial charge in [-0.25, -0.2) is 32.0 Å². The topological polar surface area (TPSA) is 343 Å². The number of aliphatic hydroxyl groups is 1. The highest BCUT2D eigenvalue weighted by Crippen LogP contribution is 2.42. The smallest absolute Gasteiger partial charge is 0.386 e. The second kappa shape index (κ2) is 12.5. The molecule has 24 heteroatoms. The minimum atomic E-state index is -4.64. The van der Waals surface area contributed by atoms with Gasteiger partial charge >= 0.3 is 23.5 Å². The average molecular weight is 589 g/mol. The molecule has 1 saturated heterocycles. The zero-order chi connectivity index (χ0) is 28.9. The fraction of sp³-hybridized carbons (Fsp3) is 0.417. The van der Waals surface area contributed by atoms with Crippen LogP contribution in [0.1, 0.15) is 18.7 Å². The molecule has 1 aliphatic rings. The first kappa shape index (κ1) is 34.0. The molecule has 36 heavy (non-hydrogen) atoms. The lowest BCUT2D eigenvalue weighted by molar-refractivity contribution is -0.0319. The maximum Gasteiger partial charge on any atom is 0.466 e. The van der Waals surface area contributed by atoms with Crippen molar-refractivity contribution in [1.82, 2.24) is 14.6 Å². The number of nitriles is 1. The first-order valence-electron chi connectivity index (χ1n) is 8.42. The number of alkyl halides is 1. The van der Waals surface area contributed by atoms with Crippen molar-refractivity contribution in [3.63, 3.8) is 0 Å². The summed E-state index contributed by atoms with van der Waals surface area (Å²) in [5, 5.41) is 22.6. The van der Waals surface area contributed by atoms with E-state index in [1.807, 2.05) is 0 Å². The Balaban J connectivity index is 0.000000672. The van der Waals surface area contributed by atoms with E-state index in [0.717, 1.165) is 16.9 Å². The number of anilines is 1. The molecule has 2 aromatic rings. The molecule has 0 aliphatic carbocycles. The second-order valence-electron chi connectivity index (χ2n) is 6.51. The van der Waals surface area contributed by atoms with Crippen LogP contribution in [0.4, 0.5) is 14.6 Å². The molecule has 0 saturated carbocycles. The number of nitrogens with two attached hydrogens (primary N) is 1. The van der Waals surface area contributed by atoms with Crippen molar-refractivity contribution < 1.29 is 76.4 Å². The molecule has 4 atom stereocenters. The number of phosphoric acid groups is 3. The Labute approximate surface area is 198 Å². The number of hydrogen-bond donors (Lipinski definition) is 11. The minimum absolute atomic E-state index is 0.0159. The van der Waals surface area contributed by atoms with Crippen molar-refractivity contribution in [2.75, 3.05) is 5.73 Å². The molecule has 0 amide bonds. The molecule has 19 nitrogen and oxygen atoms in total. The zero-order valence-corrected chi connectivity index (χ0v) is 20.1. The van der Waals surface area contributed by atoms with Gasteiger partial charge in [0.1, 0.15) is 30.1 Å². The van der Waals surface area contributed by atoms with Crippen LogP contribution in [0.2, 0.25) is 0 Å². The summed E-state index contributed by atoms with van der Waals surface area (Å²) >= 11 is 0. The number of rotatable bonds is 1. The molecule has 0 unspecified atom stereocenters. The average Bonchev–Trinajstić information content (AvgIpc) is 3.09. The molecule has 0 aromatic carbocycles. The predicted molar refractivity (Wildman–Crippen MR) is 109 cm³/mol. The summed E-state index contributed by atoms with van der Waals surface area (Å²) in [5.41, 5.74) is 3.75. The number of nitrogens with zero attached hydrogens (tertiary/aromatic N) is 4. The lowest BCUT2D eigenvalue weighted by Crippen LogP contribution is -2.37. The van der Waals surface area contributed by atoms with Crippen LogP contribution in [0.15, 0.2) is 12.4 Å². The minimum Gasteiger partial charge on any atom is -0.386 e. The van der Waals surface area contributed by atoms with Gasteiger partial charge < -0.3 is 59.6 Å². The first-order valence-corrected chi connectivity index (χ1v) is 13.1. The molecule has 206 valence electrons. The normalized spacial score (nSPS) is 23.8. The number of nitrogen functional groups attached to an aromatic ring is 1. The monoisotopic (exact) mass is 589 g/mol. The second-order valence-corrected chi connectivity index (χ2v) is 9.59. The third-order valence-electron chi connectivity index (χ3n) is 3.60. The van der Waals surface area contributed by atoms with Crippen LogP contribution in [-0.4, -0.2) is 81.6 Å². The number of halogens is 2. The number of ether oxygens (including phenoxy) is 1. The zero-order valence-electron chi connectivity index (χ0n) is 17.5. The van der Waals surface area contributed by atoms with E-state index >= 15 is 0 Å². The van der Waals surface area contributed by atoms with E-state index in [2.05, 4.69) is 10.1 Å². The van der Waals surface area contributed by atoms with Crippen LogP contribution in [0.3, 0.4) is 0 Å². The predicted octanol–water partition coefficient (Wildman–Crippen LogP) is -2.28. The van der Waals surface area contributed by atoms with Crippen molar-refractivity contribution in [3.8, 4) is 6.07 Å². The van der Waals surface area contributed by atoms with Crippen molar-refractivity contribution in [1.29, 1.82) is 5.26 Å². The van der Waals surface area contributed by atoms with Gasteiger partial charge in [-0.05, 0) is 6.92 Å². The van der Waals surface area contributed by atoms with Gasteiger partial charge in [0.15, 0.2) is 23.4 Å². The standard InChI is InChI=1S/C12H11F2N5O2.3H3O4P/c1-12(3-15)10(20)7(14)9(21-12)6-2-5(13)8-11(16)17-4-18-19(6)8;3*1-5(2,3)4/h2,4,7,9-10,20H,1H3,(H2,16,17,18);3*(H3,1,2,3,4)/t7-,9-,10-,12+;;;/m0.../s1. The van der Waals surface area contributed by atoms with E-state index < -0.39 is 53.3 Å². The van der Waals surface area contributed by atoms with Crippen molar-refractivity contribution in [3.05, 3.63) is 23.9 Å². The van der Waals surface area contributed by atoms with Gasteiger partial charge in [0.05, 0.1) is 5.69 Å². The Bertz CT molecular complexity index is 1150. The van der Waals surface area contributed by atoms with Gasteiger partial charge in [0.25, 0.3) is 0 Å². The molecular formula is C12H20F2N5O14P3. The maximum absolute atomic E-state index is 14.3. The fourth-order valence-corrected chi connectivity index (χ4v) is 2.43. The highest BCUT2D eigenvalue weighted by Gasteiger charge is 2.54. The van der Waals surface area contributed by atoms with E-state index in [4.69, 9.17) is 73.5 Å². The molecule has 1 aliphatic heterocycles. The summed E-state index contributed by atoms with van der Waals surface area (Å²) < 4.78 is 61.2. The van der Waals surface area contributed by atoms with Gasteiger partial charge in [-0.3, -0.25) is 0 Å². The van der Waals surface area contributed by atoms with Gasteiger partial charge in [0, 0.05) is 6.07 Å². The van der Waals surface area contributed by atoms with E-state index in [1.54, 1.807) is 6.07 Å². The quantitative estimate of drug-likeness (QED) is 0.156. The highest BCUT2D eigenvalue weighted by molar-refractivity contribution is 7.45. The van der Waals surface area contributed by atoms with E-state index in [1.165, 1.54) is 6.92 Å². The Morgan fingerprint density at radius 3 is 1.86 bits per heavy atom. The number of fused-ring (bicyclic) bond motifs is 1. The Kier molecular flexibility index (Phi) is 11.8. The van der Waals surface area contributed by atoms with Crippen LogP contribution in [0, 0.1) is 17.1 Å². The van der Waals surface area contributed by atoms with Crippen molar-refractivity contribution in [2.24, 2.45) is 0 Å². The summed E-state index contributed by atoms with van der Waals surface area (Å²) in [6.45, 7) is 1.26. The van der Waals surface area contributed by atoms with Gasteiger partial charge in [-0.2, -0.15) is 10.4 Å². The van der Waals surface area contributed by atoms with Crippen LogP contribution >= 0.6 is 23.5 Å². The van der Waals surface area contributed by atoms with Gasteiger partial charge in [-0.15, -0.1) is 0 Å². The lowest BCUT2D eigenvalue weighted by atomic mass is 9.98. The molecule has 0 bridgehead atoms. The highest BCUT2D eigenvalue weighted by atomic mass is 31.2. The summed E-state index contributed by atoms with van der Waals surface area (Å²) in [7, 11) is -13.9. The maximum atomic E-state index is 14.3. The largest absolute Gasteiger partial charge is 0.466 e. The van der Waals surface area contributed by atoms with Crippen molar-refractivity contribution >= 4 is 34.8 Å². The number of aromatic nitrogens is 3. The molecule has 12 N–H and O–H groups in total. The van der Waals surface area contributed by atoms with Crippen molar-refractivity contribution in [2.45, 2.75) is 30.9 Å². The van der Waals surface area contributed by atoms with Gasteiger partial charge in [-0.1, -0.05) is 0 Å². The Morgan fingerprint density at radius 2 is 1.50 bits per heavy atom. The SMILES string of the molecule is C[C@]1(C#N)O[C@@H](c2cc(F)c3c(N)ncnn23)[C@H](F)[C@@H]1O.O=P(O)(O)O.O=P(O)(O)O.O=P(O)(O)O. The number of aliphatic hydroxyl groups excluding tert-OH is 1. The third-order valence-corrected chi connectivity index (χ3v) is 3.60. The van der Waals surface area contributed by atoms with E-state index in [-0.39, 0.29) is 17.0 Å². The fourth-order valence-electron chi connectivity index (χ4n) is 2.43. The van der Waals surface area contributed by atoms with E-state index in [0.29, 0.717) is 0 Å². The van der Waals surface area contributed by atoms with Crippen LogP contribution in [-0.2, 0) is 18.4 Å². The van der Waals surface area contributed by atoms with Crippen LogP contribution in [0.25, 0.3) is 5.52 Å². The molecule has 0 radical (unpaired) electrons. The molecule has 3 heterocycles. The summed E-state index contributed by atoms with van der Waals surface area (Å²) in [5.74, 6) is -0.843. The summed E-state index contributed by atoms with van der Waals surface area (Å²) in [4.78, 5) is 68.3. The van der Waals surface area contributed by atoms with E-state index in [9.17, 15) is 13.9 Å². The molecule has 1 fully saturated rings. The van der Waals surface area contributed by atoms with Gasteiger partial charge in [0.2, 0.25) is 0 Å². The molecular weight excluding hydrogens is 569 g/mol. The van der Waals surface area contributed by atoms with Crippen LogP contribution in [0.5, 0.6) is 0 Å². The summed E-state index contributed by atoms with van der Waals surface area (Å²) in [6, 6.07) is 2.72. The Hall–Kier alpha value is -1.98.